The molecule has 0 spiro atoms. The highest BCUT2D eigenvalue weighted by atomic mass is 79.9. The second-order valence-corrected chi connectivity index (χ2v) is 6.68. The van der Waals surface area contributed by atoms with Gasteiger partial charge in [-0.15, -0.1) is 0 Å². The molecule has 1 aromatic carbocycles. The lowest BCUT2D eigenvalue weighted by Crippen LogP contribution is -2.40. The number of aliphatic hydroxyl groups is 1. The van der Waals surface area contributed by atoms with E-state index in [0.29, 0.717) is 10.0 Å². The molecule has 0 bridgehead atoms. The van der Waals surface area contributed by atoms with E-state index in [-0.39, 0.29) is 24.7 Å². The molecule has 88 valence electrons. The molecule has 0 aliphatic carbocycles. The summed E-state index contributed by atoms with van der Waals surface area (Å²) in [6, 6.07) is 4.74. The van der Waals surface area contributed by atoms with Crippen molar-refractivity contribution >= 4 is 25.8 Å². The summed E-state index contributed by atoms with van der Waals surface area (Å²) in [5, 5.41) is 8.49. The third-order valence-electron chi connectivity index (χ3n) is 2.53. The van der Waals surface area contributed by atoms with E-state index in [9.17, 15) is 8.42 Å². The Morgan fingerprint density at radius 3 is 2.56 bits per heavy atom. The van der Waals surface area contributed by atoms with Gasteiger partial charge in [-0.1, -0.05) is 6.07 Å². The van der Waals surface area contributed by atoms with Crippen molar-refractivity contribution in [2.45, 2.75) is 16.8 Å². The molecule has 2 rings (SSSR count). The van der Waals surface area contributed by atoms with Gasteiger partial charge in [-0.2, -0.15) is 0 Å². The van der Waals surface area contributed by atoms with Crippen LogP contribution in [-0.2, 0) is 21.2 Å². The highest BCUT2D eigenvalue weighted by molar-refractivity contribution is 9.10. The molecule has 1 saturated heterocycles. The fourth-order valence-corrected chi connectivity index (χ4v) is 4.05. The molecular weight excluding hydrogens is 296 g/mol. The molecule has 0 radical (unpaired) electrons. The SMILES string of the molecule is O=S(=O)(c1ccc(CO)cc1Br)C1COC1. The van der Waals surface area contributed by atoms with Gasteiger partial charge in [0, 0.05) is 4.47 Å². The Morgan fingerprint density at radius 2 is 2.12 bits per heavy atom. The quantitative estimate of drug-likeness (QED) is 0.909. The van der Waals surface area contributed by atoms with Crippen molar-refractivity contribution in [3.63, 3.8) is 0 Å². The number of halogens is 1. The first kappa shape index (κ1) is 12.0. The monoisotopic (exact) mass is 306 g/mol. The first-order chi connectivity index (χ1) is 7.55. The summed E-state index contributed by atoms with van der Waals surface area (Å²) in [6.07, 6.45) is 0. The number of sulfone groups is 1. The van der Waals surface area contributed by atoms with E-state index in [1.54, 1.807) is 12.1 Å². The van der Waals surface area contributed by atoms with Crippen LogP contribution in [0.25, 0.3) is 0 Å². The Kier molecular flexibility index (Phi) is 3.34. The van der Waals surface area contributed by atoms with Gasteiger partial charge in [-0.3, -0.25) is 0 Å². The standard InChI is InChI=1S/C10H11BrO4S/c11-9-3-7(4-12)1-2-10(9)16(13,14)8-5-15-6-8/h1-3,8,12H,4-6H2. The van der Waals surface area contributed by atoms with E-state index in [1.165, 1.54) is 6.07 Å². The first-order valence-corrected chi connectivity index (χ1v) is 7.10. The maximum Gasteiger partial charge on any atom is 0.186 e. The summed E-state index contributed by atoms with van der Waals surface area (Å²) in [7, 11) is -3.31. The predicted molar refractivity (Wildman–Crippen MR) is 61.9 cm³/mol. The lowest BCUT2D eigenvalue weighted by Gasteiger charge is -2.26. The van der Waals surface area contributed by atoms with E-state index in [4.69, 9.17) is 9.84 Å². The minimum absolute atomic E-state index is 0.106. The second kappa shape index (κ2) is 4.44. The van der Waals surface area contributed by atoms with E-state index >= 15 is 0 Å². The van der Waals surface area contributed by atoms with Crippen molar-refractivity contribution in [1.82, 2.24) is 0 Å². The minimum Gasteiger partial charge on any atom is -0.392 e. The van der Waals surface area contributed by atoms with Gasteiger partial charge >= 0.3 is 0 Å². The van der Waals surface area contributed by atoms with Gasteiger partial charge in [-0.05, 0) is 33.6 Å². The van der Waals surface area contributed by atoms with Gasteiger partial charge in [0.2, 0.25) is 0 Å². The van der Waals surface area contributed by atoms with Gasteiger partial charge < -0.3 is 9.84 Å². The number of hydrogen-bond acceptors (Lipinski definition) is 4. The highest BCUT2D eigenvalue weighted by Crippen LogP contribution is 2.28. The molecule has 0 atom stereocenters. The Morgan fingerprint density at radius 1 is 1.44 bits per heavy atom. The number of hydrogen-bond donors (Lipinski definition) is 1. The van der Waals surface area contributed by atoms with Gasteiger partial charge in [0.05, 0.1) is 24.7 Å². The zero-order chi connectivity index (χ0) is 11.8. The molecule has 0 unspecified atom stereocenters. The predicted octanol–water partition coefficient (Wildman–Crippen LogP) is 1.11. The van der Waals surface area contributed by atoms with Gasteiger partial charge in [0.1, 0.15) is 5.25 Å². The second-order valence-electron chi connectivity index (χ2n) is 3.63. The molecule has 0 saturated carbocycles. The van der Waals surface area contributed by atoms with Crippen molar-refractivity contribution < 1.29 is 18.3 Å². The minimum atomic E-state index is -3.31. The molecule has 6 heteroatoms. The highest BCUT2D eigenvalue weighted by Gasteiger charge is 2.35. The van der Waals surface area contributed by atoms with Crippen LogP contribution in [0.5, 0.6) is 0 Å². The van der Waals surface area contributed by atoms with Crippen LogP contribution in [-0.4, -0.2) is 32.0 Å². The molecule has 1 N–H and O–H groups in total. The van der Waals surface area contributed by atoms with Crippen LogP contribution in [0, 0.1) is 0 Å². The average molecular weight is 307 g/mol. The van der Waals surface area contributed by atoms with Crippen molar-refractivity contribution in [2.75, 3.05) is 13.2 Å². The largest absolute Gasteiger partial charge is 0.392 e. The van der Waals surface area contributed by atoms with Gasteiger partial charge in [0.25, 0.3) is 0 Å². The van der Waals surface area contributed by atoms with Crippen molar-refractivity contribution in [3.05, 3.63) is 28.2 Å². The van der Waals surface area contributed by atoms with Crippen molar-refractivity contribution in [1.29, 1.82) is 0 Å². The maximum absolute atomic E-state index is 12.1. The average Bonchev–Trinajstić information content (AvgIpc) is 2.13. The van der Waals surface area contributed by atoms with Crippen LogP contribution in [0.15, 0.2) is 27.6 Å². The van der Waals surface area contributed by atoms with Crippen LogP contribution in [0.1, 0.15) is 5.56 Å². The number of ether oxygens (including phenoxy) is 1. The van der Waals surface area contributed by atoms with E-state index in [1.807, 2.05) is 0 Å². The molecule has 0 amide bonds. The van der Waals surface area contributed by atoms with Crippen LogP contribution >= 0.6 is 15.9 Å². The summed E-state index contributed by atoms with van der Waals surface area (Å²) in [6.45, 7) is 0.415. The molecule has 1 aromatic rings. The molecule has 16 heavy (non-hydrogen) atoms. The van der Waals surface area contributed by atoms with Gasteiger partial charge in [0.15, 0.2) is 9.84 Å². The molecule has 1 fully saturated rings. The maximum atomic E-state index is 12.1. The Bertz CT molecular complexity index is 494. The number of benzene rings is 1. The summed E-state index contributed by atoms with van der Waals surface area (Å²) in [5.41, 5.74) is 0.677. The van der Waals surface area contributed by atoms with Crippen LogP contribution in [0.3, 0.4) is 0 Å². The molecular formula is C10H11BrO4S. The smallest absolute Gasteiger partial charge is 0.186 e. The summed E-state index contributed by atoms with van der Waals surface area (Å²) in [4.78, 5) is 0.262. The Labute approximate surface area is 102 Å². The molecule has 0 aromatic heterocycles. The summed E-state index contributed by atoms with van der Waals surface area (Å²) >= 11 is 3.21. The first-order valence-electron chi connectivity index (χ1n) is 4.76. The topological polar surface area (TPSA) is 63.6 Å². The summed E-state index contributed by atoms with van der Waals surface area (Å²) < 4.78 is 29.5. The van der Waals surface area contributed by atoms with Crippen molar-refractivity contribution in [2.24, 2.45) is 0 Å². The Balaban J connectivity index is 2.40. The van der Waals surface area contributed by atoms with Crippen LogP contribution in [0.4, 0.5) is 0 Å². The zero-order valence-electron chi connectivity index (χ0n) is 8.39. The molecule has 1 aliphatic rings. The summed E-state index contributed by atoms with van der Waals surface area (Å²) in [5.74, 6) is 0. The van der Waals surface area contributed by atoms with Gasteiger partial charge in [-0.25, -0.2) is 8.42 Å². The van der Waals surface area contributed by atoms with Crippen LogP contribution < -0.4 is 0 Å². The molecule has 4 nitrogen and oxygen atoms in total. The molecule has 1 heterocycles. The normalized spacial score (nSPS) is 17.1. The third kappa shape index (κ3) is 2.02. The lowest BCUT2D eigenvalue weighted by molar-refractivity contribution is 0.0416. The third-order valence-corrected chi connectivity index (χ3v) is 5.57. The van der Waals surface area contributed by atoms with E-state index in [2.05, 4.69) is 15.9 Å². The number of aliphatic hydroxyl groups excluding tert-OH is 1. The van der Waals surface area contributed by atoms with E-state index < -0.39 is 15.1 Å². The zero-order valence-corrected chi connectivity index (χ0v) is 10.8. The molecule has 1 aliphatic heterocycles. The van der Waals surface area contributed by atoms with Crippen LogP contribution in [0.2, 0.25) is 0 Å². The lowest BCUT2D eigenvalue weighted by atomic mass is 10.2. The van der Waals surface area contributed by atoms with Crippen molar-refractivity contribution in [3.8, 4) is 0 Å². The number of rotatable bonds is 3. The Hall–Kier alpha value is -0.430. The fraction of sp³-hybridized carbons (Fsp3) is 0.400. The van der Waals surface area contributed by atoms with E-state index in [0.717, 1.165) is 0 Å². The fourth-order valence-electron chi connectivity index (χ4n) is 1.45.